The van der Waals surface area contributed by atoms with Crippen molar-refractivity contribution in [3.63, 3.8) is 0 Å². The maximum absolute atomic E-state index is 13.0. The lowest BCUT2D eigenvalue weighted by atomic mass is 9.89. The van der Waals surface area contributed by atoms with E-state index in [1.807, 2.05) is 25.1 Å². The van der Waals surface area contributed by atoms with Gasteiger partial charge in [0.05, 0.1) is 4.90 Å². The van der Waals surface area contributed by atoms with E-state index < -0.39 is 10.0 Å². The number of sulfonamides is 1. The van der Waals surface area contributed by atoms with Gasteiger partial charge in [-0.3, -0.25) is 9.52 Å². The van der Waals surface area contributed by atoms with Gasteiger partial charge in [-0.1, -0.05) is 30.3 Å². The molecular formula is C25H26N2O4S. The number of hydrogen-bond donors (Lipinski definition) is 2. The number of carbonyl (C=O) groups is 1. The van der Waals surface area contributed by atoms with Crippen LogP contribution in [0.4, 0.5) is 5.69 Å². The number of anilines is 1. The Kier molecular flexibility index (Phi) is 6.19. The van der Waals surface area contributed by atoms with Crippen LogP contribution in [-0.4, -0.2) is 37.4 Å². The molecule has 1 heterocycles. The van der Waals surface area contributed by atoms with Crippen LogP contribution in [0, 0.1) is 6.92 Å². The summed E-state index contributed by atoms with van der Waals surface area (Å²) in [4.78, 5) is 14.9. The van der Waals surface area contributed by atoms with Crippen molar-refractivity contribution in [1.82, 2.24) is 4.90 Å². The molecule has 0 saturated carbocycles. The zero-order valence-electron chi connectivity index (χ0n) is 17.9. The summed E-state index contributed by atoms with van der Waals surface area (Å²) in [5, 5.41) is 9.47. The number of likely N-dealkylation sites (tertiary alicyclic amines) is 1. The normalized spacial score (nSPS) is 14.8. The van der Waals surface area contributed by atoms with Gasteiger partial charge in [-0.05, 0) is 79.3 Å². The van der Waals surface area contributed by atoms with Gasteiger partial charge in [0, 0.05) is 24.3 Å². The van der Waals surface area contributed by atoms with Crippen molar-refractivity contribution < 1.29 is 18.3 Å². The molecule has 0 aromatic heterocycles. The Morgan fingerprint density at radius 1 is 0.969 bits per heavy atom. The Hall–Kier alpha value is -3.32. The highest BCUT2D eigenvalue weighted by Gasteiger charge is 2.25. The second kappa shape index (κ2) is 9.04. The number of aryl methyl sites for hydroxylation is 1. The van der Waals surface area contributed by atoms with E-state index in [1.54, 1.807) is 47.4 Å². The molecule has 7 heteroatoms. The average molecular weight is 451 g/mol. The highest BCUT2D eigenvalue weighted by atomic mass is 32.2. The van der Waals surface area contributed by atoms with E-state index in [0.29, 0.717) is 30.3 Å². The molecule has 3 aromatic carbocycles. The van der Waals surface area contributed by atoms with Crippen LogP contribution in [0.1, 0.15) is 40.2 Å². The second-order valence-electron chi connectivity index (χ2n) is 8.16. The zero-order valence-corrected chi connectivity index (χ0v) is 18.7. The molecular weight excluding hydrogens is 424 g/mol. The highest BCUT2D eigenvalue weighted by Crippen LogP contribution is 2.30. The molecule has 1 amide bonds. The molecule has 0 aliphatic carbocycles. The second-order valence-corrected chi connectivity index (χ2v) is 9.84. The van der Waals surface area contributed by atoms with Crippen LogP contribution < -0.4 is 4.72 Å². The molecule has 6 nitrogen and oxygen atoms in total. The van der Waals surface area contributed by atoms with Gasteiger partial charge >= 0.3 is 0 Å². The summed E-state index contributed by atoms with van der Waals surface area (Å²) in [6.07, 6.45) is 1.65. The minimum absolute atomic E-state index is 0.0591. The molecule has 3 aromatic rings. The maximum atomic E-state index is 13.0. The lowest BCUT2D eigenvalue weighted by Gasteiger charge is -2.32. The summed E-state index contributed by atoms with van der Waals surface area (Å²) >= 11 is 0. The number of hydrogen-bond acceptors (Lipinski definition) is 4. The Morgan fingerprint density at radius 3 is 2.34 bits per heavy atom. The first-order valence-electron chi connectivity index (χ1n) is 10.6. The predicted octanol–water partition coefficient (Wildman–Crippen LogP) is 4.52. The van der Waals surface area contributed by atoms with Gasteiger partial charge < -0.3 is 10.0 Å². The summed E-state index contributed by atoms with van der Waals surface area (Å²) in [5.74, 6) is 0.416. The number of nitrogens with zero attached hydrogens (tertiary/aromatic N) is 1. The van der Waals surface area contributed by atoms with Gasteiger partial charge in [0.15, 0.2) is 0 Å². The van der Waals surface area contributed by atoms with E-state index >= 15 is 0 Å². The highest BCUT2D eigenvalue weighted by molar-refractivity contribution is 7.92. The molecule has 32 heavy (non-hydrogen) atoms. The minimum Gasteiger partial charge on any atom is -0.508 e. The van der Waals surface area contributed by atoms with E-state index in [9.17, 15) is 18.3 Å². The molecule has 0 spiro atoms. The number of carbonyl (C=O) groups excluding carboxylic acids is 1. The van der Waals surface area contributed by atoms with Gasteiger partial charge in [0.25, 0.3) is 15.9 Å². The summed E-state index contributed by atoms with van der Waals surface area (Å²) in [7, 11) is -3.81. The number of rotatable bonds is 5. The molecule has 1 saturated heterocycles. The third-order valence-electron chi connectivity index (χ3n) is 5.81. The first-order valence-corrected chi connectivity index (χ1v) is 12.1. The lowest BCUT2D eigenvalue weighted by molar-refractivity contribution is 0.0712. The van der Waals surface area contributed by atoms with E-state index in [4.69, 9.17) is 0 Å². The van der Waals surface area contributed by atoms with Gasteiger partial charge in [-0.15, -0.1) is 0 Å². The van der Waals surface area contributed by atoms with Crippen molar-refractivity contribution in [2.75, 3.05) is 17.8 Å². The topological polar surface area (TPSA) is 86.7 Å². The number of phenols is 1. The molecule has 1 fully saturated rings. The van der Waals surface area contributed by atoms with Gasteiger partial charge in [-0.2, -0.15) is 0 Å². The van der Waals surface area contributed by atoms with E-state index in [1.165, 1.54) is 12.1 Å². The van der Waals surface area contributed by atoms with Crippen LogP contribution in [0.15, 0.2) is 77.7 Å². The van der Waals surface area contributed by atoms with E-state index in [-0.39, 0.29) is 16.6 Å². The first kappa shape index (κ1) is 21.9. The molecule has 2 N–H and O–H groups in total. The van der Waals surface area contributed by atoms with Crippen molar-refractivity contribution in [3.05, 3.63) is 89.5 Å². The Labute approximate surface area is 188 Å². The fraction of sp³-hybridized carbons (Fsp3) is 0.240. The third kappa shape index (κ3) is 4.94. The van der Waals surface area contributed by atoms with Crippen molar-refractivity contribution in [2.45, 2.75) is 30.6 Å². The molecule has 0 bridgehead atoms. The maximum Gasteiger partial charge on any atom is 0.261 e. The van der Waals surface area contributed by atoms with Crippen LogP contribution in [0.2, 0.25) is 0 Å². The van der Waals surface area contributed by atoms with Crippen molar-refractivity contribution >= 4 is 21.6 Å². The van der Waals surface area contributed by atoms with Gasteiger partial charge in [0.1, 0.15) is 5.75 Å². The minimum atomic E-state index is -3.81. The largest absolute Gasteiger partial charge is 0.508 e. The predicted molar refractivity (Wildman–Crippen MR) is 124 cm³/mol. The molecule has 1 aliphatic rings. The number of benzene rings is 3. The lowest BCUT2D eigenvalue weighted by Crippen LogP contribution is -2.38. The Morgan fingerprint density at radius 2 is 1.66 bits per heavy atom. The van der Waals surface area contributed by atoms with Gasteiger partial charge in [0.2, 0.25) is 0 Å². The third-order valence-corrected chi connectivity index (χ3v) is 7.19. The van der Waals surface area contributed by atoms with Crippen molar-refractivity contribution in [3.8, 4) is 5.75 Å². The van der Waals surface area contributed by atoms with Crippen LogP contribution in [0.25, 0.3) is 0 Å². The molecule has 0 unspecified atom stereocenters. The van der Waals surface area contributed by atoms with Crippen LogP contribution >= 0.6 is 0 Å². The molecule has 166 valence electrons. The van der Waals surface area contributed by atoms with Crippen LogP contribution in [0.5, 0.6) is 5.75 Å². The fourth-order valence-corrected chi connectivity index (χ4v) is 5.16. The fourth-order valence-electron chi connectivity index (χ4n) is 4.06. The Bertz CT molecular complexity index is 1210. The molecule has 0 atom stereocenters. The molecule has 4 rings (SSSR count). The van der Waals surface area contributed by atoms with Crippen LogP contribution in [-0.2, 0) is 10.0 Å². The smallest absolute Gasteiger partial charge is 0.261 e. The quantitative estimate of drug-likeness (QED) is 0.598. The SMILES string of the molecule is Cc1cccc(NS(=O)(=O)c2cccc(C(=O)N3CCC(c4ccc(O)cc4)CC3)c2)c1. The molecule has 0 radical (unpaired) electrons. The first-order chi connectivity index (χ1) is 15.3. The number of nitrogens with one attached hydrogen (secondary N) is 1. The monoisotopic (exact) mass is 450 g/mol. The summed E-state index contributed by atoms with van der Waals surface area (Å²) < 4.78 is 28.2. The number of aromatic hydroxyl groups is 1. The number of piperidine rings is 1. The van der Waals surface area contributed by atoms with Crippen molar-refractivity contribution in [2.24, 2.45) is 0 Å². The van der Waals surface area contributed by atoms with Gasteiger partial charge in [-0.25, -0.2) is 8.42 Å². The Balaban J connectivity index is 1.45. The number of amides is 1. The van der Waals surface area contributed by atoms with Crippen LogP contribution in [0.3, 0.4) is 0 Å². The molecule has 1 aliphatic heterocycles. The number of phenolic OH excluding ortho intramolecular Hbond substituents is 1. The summed E-state index contributed by atoms with van der Waals surface area (Å²) in [5.41, 5.74) is 2.95. The van der Waals surface area contributed by atoms with Crippen molar-refractivity contribution in [1.29, 1.82) is 0 Å². The average Bonchev–Trinajstić information content (AvgIpc) is 2.79. The van der Waals surface area contributed by atoms with E-state index in [0.717, 1.165) is 24.0 Å². The summed E-state index contributed by atoms with van der Waals surface area (Å²) in [6, 6.07) is 20.5. The van der Waals surface area contributed by atoms with E-state index in [2.05, 4.69) is 4.72 Å². The summed E-state index contributed by atoms with van der Waals surface area (Å²) in [6.45, 7) is 3.09. The zero-order chi connectivity index (χ0) is 22.7. The standard InChI is InChI=1S/C25H26N2O4S/c1-18-4-2-6-22(16-18)26-32(30,31)24-7-3-5-21(17-24)25(29)27-14-12-20(13-15-27)19-8-10-23(28)11-9-19/h2-11,16-17,20,26,28H,12-15H2,1H3.